The van der Waals surface area contributed by atoms with E-state index in [9.17, 15) is 0 Å². The molecule has 0 fully saturated rings. The van der Waals surface area contributed by atoms with Crippen LogP contribution in [0.1, 0.15) is 22.7 Å². The Morgan fingerprint density at radius 2 is 1.67 bits per heavy atom. The fourth-order valence-corrected chi connectivity index (χ4v) is 3.71. The molecule has 3 nitrogen and oxygen atoms in total. The first-order valence-corrected chi connectivity index (χ1v) is 9.35. The van der Waals surface area contributed by atoms with Crippen molar-refractivity contribution in [1.29, 1.82) is 0 Å². The lowest BCUT2D eigenvalue weighted by Gasteiger charge is -2.26. The summed E-state index contributed by atoms with van der Waals surface area (Å²) in [7, 11) is 0. The number of benzene rings is 3. The van der Waals surface area contributed by atoms with E-state index >= 15 is 0 Å². The van der Waals surface area contributed by atoms with Gasteiger partial charge in [-0.15, -0.1) is 0 Å². The second kappa shape index (κ2) is 6.29. The molecule has 0 saturated heterocycles. The number of hydrogen-bond acceptors (Lipinski definition) is 2. The summed E-state index contributed by atoms with van der Waals surface area (Å²) >= 11 is 6.07. The molecule has 1 unspecified atom stereocenters. The maximum absolute atomic E-state index is 6.07. The summed E-state index contributed by atoms with van der Waals surface area (Å²) in [6, 6.07) is 24.9. The number of nitrogens with one attached hydrogen (secondary N) is 1. The van der Waals surface area contributed by atoms with Gasteiger partial charge in [-0.25, -0.2) is 4.98 Å². The van der Waals surface area contributed by atoms with E-state index in [4.69, 9.17) is 16.6 Å². The van der Waals surface area contributed by atoms with Gasteiger partial charge in [-0.1, -0.05) is 65.7 Å². The highest BCUT2D eigenvalue weighted by molar-refractivity contribution is 6.30. The molecule has 4 aromatic rings. The van der Waals surface area contributed by atoms with E-state index in [1.165, 1.54) is 11.1 Å². The van der Waals surface area contributed by atoms with Gasteiger partial charge in [0.25, 0.3) is 0 Å². The average Bonchev–Trinajstić information content (AvgIpc) is 3.07. The second-order valence-electron chi connectivity index (χ2n) is 6.85. The zero-order valence-electron chi connectivity index (χ0n) is 14.9. The number of fused-ring (bicyclic) bond motifs is 3. The van der Waals surface area contributed by atoms with Gasteiger partial charge in [0, 0.05) is 5.02 Å². The fraction of sp³-hybridized carbons (Fsp3) is 0.0870. The van der Waals surface area contributed by atoms with E-state index in [1.54, 1.807) is 0 Å². The first kappa shape index (κ1) is 16.2. The lowest BCUT2D eigenvalue weighted by molar-refractivity contribution is 0.899. The summed E-state index contributed by atoms with van der Waals surface area (Å²) in [5.41, 5.74) is 6.79. The van der Waals surface area contributed by atoms with Gasteiger partial charge in [0.2, 0.25) is 5.95 Å². The SMILES string of the molecule is Cc1ccc(C2=CC(c3ccc(Cl)cc3)Nc3nc4ccccc4n32)cc1. The highest BCUT2D eigenvalue weighted by Crippen LogP contribution is 2.36. The van der Waals surface area contributed by atoms with Crippen molar-refractivity contribution >= 4 is 34.3 Å². The van der Waals surface area contributed by atoms with Crippen LogP contribution >= 0.6 is 11.6 Å². The minimum atomic E-state index is 0.0304. The van der Waals surface area contributed by atoms with Gasteiger partial charge in [0.05, 0.1) is 22.8 Å². The van der Waals surface area contributed by atoms with Gasteiger partial charge in [-0.05, 0) is 48.4 Å². The second-order valence-corrected chi connectivity index (χ2v) is 7.29. The summed E-state index contributed by atoms with van der Waals surface area (Å²) in [6.45, 7) is 2.11. The third-order valence-corrected chi connectivity index (χ3v) is 5.24. The lowest BCUT2D eigenvalue weighted by atomic mass is 10.0. The normalized spacial score (nSPS) is 15.9. The predicted octanol–water partition coefficient (Wildman–Crippen LogP) is 6.05. The van der Waals surface area contributed by atoms with Crippen LogP contribution in [0.4, 0.5) is 5.95 Å². The van der Waals surface area contributed by atoms with Crippen molar-refractivity contribution in [3.63, 3.8) is 0 Å². The summed E-state index contributed by atoms with van der Waals surface area (Å²) in [6.07, 6.45) is 2.26. The van der Waals surface area contributed by atoms with E-state index in [0.29, 0.717) is 0 Å². The predicted molar refractivity (Wildman–Crippen MR) is 112 cm³/mol. The van der Waals surface area contributed by atoms with E-state index < -0.39 is 0 Å². The molecular weight excluding hydrogens is 354 g/mol. The maximum Gasteiger partial charge on any atom is 0.209 e. The summed E-state index contributed by atoms with van der Waals surface area (Å²) in [4.78, 5) is 4.82. The van der Waals surface area contributed by atoms with Crippen LogP contribution in [0.15, 0.2) is 78.9 Å². The molecule has 1 aliphatic rings. The van der Waals surface area contributed by atoms with Crippen molar-refractivity contribution in [2.45, 2.75) is 13.0 Å². The van der Waals surface area contributed by atoms with Crippen molar-refractivity contribution in [3.05, 3.63) is 101 Å². The third-order valence-electron chi connectivity index (χ3n) is 4.99. The van der Waals surface area contributed by atoms with Crippen LogP contribution in [0.2, 0.25) is 5.02 Å². The number of aromatic nitrogens is 2. The smallest absolute Gasteiger partial charge is 0.209 e. The van der Waals surface area contributed by atoms with Crippen LogP contribution < -0.4 is 5.32 Å². The molecule has 27 heavy (non-hydrogen) atoms. The summed E-state index contributed by atoms with van der Waals surface area (Å²) in [5, 5.41) is 4.31. The number of rotatable bonds is 2. The van der Waals surface area contributed by atoms with Crippen molar-refractivity contribution in [2.75, 3.05) is 5.32 Å². The molecule has 4 heteroatoms. The van der Waals surface area contributed by atoms with Crippen molar-refractivity contribution in [3.8, 4) is 0 Å². The molecule has 5 rings (SSSR count). The number of halogens is 1. The van der Waals surface area contributed by atoms with Crippen LogP contribution in [-0.4, -0.2) is 9.55 Å². The zero-order chi connectivity index (χ0) is 18.4. The van der Waals surface area contributed by atoms with Crippen molar-refractivity contribution in [2.24, 2.45) is 0 Å². The number of imidazole rings is 1. The Labute approximate surface area is 162 Å². The molecule has 0 amide bonds. The topological polar surface area (TPSA) is 29.9 Å². The Bertz CT molecular complexity index is 1150. The van der Waals surface area contributed by atoms with Gasteiger partial charge in [0.15, 0.2) is 0 Å². The molecule has 0 aliphatic carbocycles. The number of anilines is 1. The number of hydrogen-bond donors (Lipinski definition) is 1. The molecule has 132 valence electrons. The first-order valence-electron chi connectivity index (χ1n) is 8.98. The molecule has 3 aromatic carbocycles. The standard InChI is InChI=1S/C23H18ClN3/c1-15-6-8-17(9-7-15)22-14-20(16-10-12-18(24)13-11-16)26-23-25-19-4-2-3-5-21(19)27(22)23/h2-14,20H,1H3,(H,25,26). The molecule has 1 atom stereocenters. The number of nitrogens with zero attached hydrogens (tertiary/aromatic N) is 2. The highest BCUT2D eigenvalue weighted by Gasteiger charge is 2.24. The number of aryl methyl sites for hydroxylation is 1. The average molecular weight is 372 g/mol. The molecule has 1 aromatic heterocycles. The van der Waals surface area contributed by atoms with Crippen molar-refractivity contribution in [1.82, 2.24) is 9.55 Å². The summed E-state index contributed by atoms with van der Waals surface area (Å²) < 4.78 is 2.20. The highest BCUT2D eigenvalue weighted by atomic mass is 35.5. The third kappa shape index (κ3) is 2.81. The largest absolute Gasteiger partial charge is 0.345 e. The van der Waals surface area contributed by atoms with E-state index in [2.05, 4.69) is 71.4 Å². The maximum atomic E-state index is 6.07. The zero-order valence-corrected chi connectivity index (χ0v) is 15.6. The Balaban J connectivity index is 1.71. The van der Waals surface area contributed by atoms with Gasteiger partial charge < -0.3 is 5.32 Å². The summed E-state index contributed by atoms with van der Waals surface area (Å²) in [5.74, 6) is 0.856. The van der Waals surface area contributed by atoms with Gasteiger partial charge in [-0.3, -0.25) is 4.57 Å². The van der Waals surface area contributed by atoms with Crippen LogP contribution in [-0.2, 0) is 0 Å². The van der Waals surface area contributed by atoms with Crippen LogP contribution in [0, 0.1) is 6.92 Å². The van der Waals surface area contributed by atoms with Crippen LogP contribution in [0.5, 0.6) is 0 Å². The van der Waals surface area contributed by atoms with E-state index in [1.807, 2.05) is 24.3 Å². The van der Waals surface area contributed by atoms with Crippen LogP contribution in [0.3, 0.4) is 0 Å². The first-order chi connectivity index (χ1) is 13.2. The van der Waals surface area contributed by atoms with Crippen LogP contribution in [0.25, 0.3) is 16.7 Å². The van der Waals surface area contributed by atoms with Gasteiger partial charge in [-0.2, -0.15) is 0 Å². The van der Waals surface area contributed by atoms with E-state index in [0.717, 1.165) is 33.3 Å². The molecule has 1 aliphatic heterocycles. The Morgan fingerprint density at radius 1 is 0.926 bits per heavy atom. The molecular formula is C23H18ClN3. The molecule has 0 spiro atoms. The quantitative estimate of drug-likeness (QED) is 0.464. The Morgan fingerprint density at radius 3 is 2.44 bits per heavy atom. The lowest BCUT2D eigenvalue weighted by Crippen LogP contribution is -2.19. The van der Waals surface area contributed by atoms with Gasteiger partial charge >= 0.3 is 0 Å². The monoisotopic (exact) mass is 371 g/mol. The fourth-order valence-electron chi connectivity index (χ4n) is 3.58. The number of para-hydroxylation sites is 2. The Kier molecular flexibility index (Phi) is 3.76. The minimum Gasteiger partial charge on any atom is -0.345 e. The Hall–Kier alpha value is -3.04. The van der Waals surface area contributed by atoms with Crippen molar-refractivity contribution < 1.29 is 0 Å². The molecule has 0 saturated carbocycles. The van der Waals surface area contributed by atoms with E-state index in [-0.39, 0.29) is 6.04 Å². The minimum absolute atomic E-state index is 0.0304. The molecule has 2 heterocycles. The molecule has 0 bridgehead atoms. The molecule has 1 N–H and O–H groups in total. The molecule has 0 radical (unpaired) electrons. The van der Waals surface area contributed by atoms with Gasteiger partial charge in [0.1, 0.15) is 0 Å².